The third-order valence-electron chi connectivity index (χ3n) is 1.95. The Bertz CT molecular complexity index is 372. The van der Waals surface area contributed by atoms with Crippen molar-refractivity contribution in [1.29, 1.82) is 0 Å². The molecule has 0 aliphatic rings. The highest BCUT2D eigenvalue weighted by atomic mass is 31.2. The molecule has 8 heteroatoms. The van der Waals surface area contributed by atoms with Crippen molar-refractivity contribution in [1.82, 2.24) is 5.32 Å². The van der Waals surface area contributed by atoms with E-state index in [2.05, 4.69) is 11.9 Å². The van der Waals surface area contributed by atoms with E-state index >= 15 is 0 Å². The number of aliphatic hydroxyl groups is 1. The smallest absolute Gasteiger partial charge is 0.328 e. The first-order valence-electron chi connectivity index (χ1n) is 4.71. The molecule has 4 N–H and O–H groups in total. The molecule has 7 nitrogen and oxygen atoms in total. The number of aliphatic hydroxyl groups excluding tert-OH is 1. The van der Waals surface area contributed by atoms with Crippen molar-refractivity contribution in [2.75, 3.05) is 6.16 Å². The van der Waals surface area contributed by atoms with Crippen LogP contribution in [0.5, 0.6) is 0 Å². The second kappa shape index (κ2) is 5.55. The van der Waals surface area contributed by atoms with Gasteiger partial charge in [0, 0.05) is 0 Å². The predicted octanol–water partition coefficient (Wildman–Crippen LogP) is -0.825. The van der Waals surface area contributed by atoms with Crippen molar-refractivity contribution in [3.05, 3.63) is 12.7 Å². The Morgan fingerprint density at radius 2 is 1.94 bits per heavy atom. The van der Waals surface area contributed by atoms with Gasteiger partial charge in [-0.1, -0.05) is 6.58 Å². The van der Waals surface area contributed by atoms with Crippen LogP contribution in [0.3, 0.4) is 0 Å². The van der Waals surface area contributed by atoms with Crippen LogP contribution in [0.4, 0.5) is 0 Å². The number of hydrogen-bond donors (Lipinski definition) is 4. The fourth-order valence-electron chi connectivity index (χ4n) is 1.15. The molecule has 0 aromatic rings. The number of nitrogens with one attached hydrogen (secondary N) is 1. The molecule has 0 saturated carbocycles. The van der Waals surface area contributed by atoms with Crippen LogP contribution in [-0.4, -0.2) is 44.4 Å². The van der Waals surface area contributed by atoms with Gasteiger partial charge in [-0.15, -0.1) is 0 Å². The Morgan fingerprint density at radius 3 is 2.29 bits per heavy atom. The molecule has 0 radical (unpaired) electrons. The van der Waals surface area contributed by atoms with E-state index in [0.29, 0.717) is 0 Å². The SMILES string of the molecule is C=CC(=O)NC(C)(C)C(=O)C(O)CP(=O)(O)O. The Hall–Kier alpha value is -1.01. The summed E-state index contributed by atoms with van der Waals surface area (Å²) >= 11 is 0. The molecule has 0 rings (SSSR count). The minimum atomic E-state index is -4.49. The Kier molecular flexibility index (Phi) is 5.22. The van der Waals surface area contributed by atoms with E-state index in [1.54, 1.807) is 0 Å². The molecule has 0 aromatic carbocycles. The number of rotatable bonds is 6. The summed E-state index contributed by atoms with van der Waals surface area (Å²) < 4.78 is 10.6. The van der Waals surface area contributed by atoms with Crippen molar-refractivity contribution in [3.63, 3.8) is 0 Å². The highest BCUT2D eigenvalue weighted by molar-refractivity contribution is 7.51. The van der Waals surface area contributed by atoms with Gasteiger partial charge < -0.3 is 20.2 Å². The molecule has 17 heavy (non-hydrogen) atoms. The van der Waals surface area contributed by atoms with Crippen molar-refractivity contribution in [2.45, 2.75) is 25.5 Å². The van der Waals surface area contributed by atoms with Gasteiger partial charge in [-0.25, -0.2) is 0 Å². The molecular formula is C9H16NO6P. The topological polar surface area (TPSA) is 124 Å². The number of hydrogen-bond acceptors (Lipinski definition) is 4. The Balaban J connectivity index is 4.73. The standard InChI is InChI=1S/C9H16NO6P/c1-4-7(12)10-9(2,3)8(13)6(11)5-17(14,15)16/h4,6,11H,1,5H2,2-3H3,(H,10,12)(H2,14,15,16). The monoisotopic (exact) mass is 265 g/mol. The van der Waals surface area contributed by atoms with Crippen molar-refractivity contribution in [2.24, 2.45) is 0 Å². The van der Waals surface area contributed by atoms with Crippen molar-refractivity contribution >= 4 is 19.3 Å². The van der Waals surface area contributed by atoms with Crippen LogP contribution < -0.4 is 5.32 Å². The number of carbonyl (C=O) groups is 2. The first-order chi connectivity index (χ1) is 7.49. The maximum absolute atomic E-state index is 11.7. The molecule has 0 fully saturated rings. The average molecular weight is 265 g/mol. The lowest BCUT2D eigenvalue weighted by Crippen LogP contribution is -2.53. The summed E-state index contributed by atoms with van der Waals surface area (Å²) in [5, 5.41) is 11.6. The quantitative estimate of drug-likeness (QED) is 0.367. The van der Waals surface area contributed by atoms with E-state index in [4.69, 9.17) is 9.79 Å². The highest BCUT2D eigenvalue weighted by Crippen LogP contribution is 2.35. The maximum atomic E-state index is 11.7. The molecule has 0 aliphatic carbocycles. The van der Waals surface area contributed by atoms with Crippen LogP contribution in [-0.2, 0) is 14.2 Å². The molecule has 0 saturated heterocycles. The van der Waals surface area contributed by atoms with Crippen molar-refractivity contribution < 1.29 is 29.0 Å². The van der Waals surface area contributed by atoms with Gasteiger partial charge in [-0.2, -0.15) is 0 Å². The molecule has 0 aliphatic heterocycles. The number of amides is 1. The van der Waals surface area contributed by atoms with Gasteiger partial charge in [-0.3, -0.25) is 14.2 Å². The maximum Gasteiger partial charge on any atom is 0.328 e. The largest absolute Gasteiger partial charge is 0.385 e. The van der Waals surface area contributed by atoms with Crippen LogP contribution in [0.25, 0.3) is 0 Å². The third kappa shape index (κ3) is 5.74. The molecule has 1 unspecified atom stereocenters. The third-order valence-corrected chi connectivity index (χ3v) is 2.77. The lowest BCUT2D eigenvalue weighted by molar-refractivity contribution is -0.134. The lowest BCUT2D eigenvalue weighted by Gasteiger charge is -2.26. The summed E-state index contributed by atoms with van der Waals surface area (Å²) in [4.78, 5) is 39.9. The zero-order valence-electron chi connectivity index (χ0n) is 9.58. The van der Waals surface area contributed by atoms with Crippen LogP contribution in [0, 0.1) is 0 Å². The van der Waals surface area contributed by atoms with Crippen LogP contribution >= 0.6 is 7.60 Å². The van der Waals surface area contributed by atoms with Crippen LogP contribution in [0.2, 0.25) is 0 Å². The normalized spacial score (nSPS) is 13.9. The van der Waals surface area contributed by atoms with Gasteiger partial charge in [-0.05, 0) is 19.9 Å². The number of carbonyl (C=O) groups excluding carboxylic acids is 2. The molecular weight excluding hydrogens is 249 g/mol. The van der Waals surface area contributed by atoms with E-state index in [9.17, 15) is 19.3 Å². The summed E-state index contributed by atoms with van der Waals surface area (Å²) in [5.41, 5.74) is -1.43. The predicted molar refractivity (Wildman–Crippen MR) is 60.3 cm³/mol. The van der Waals surface area contributed by atoms with E-state index in [1.807, 2.05) is 0 Å². The van der Waals surface area contributed by atoms with E-state index in [1.165, 1.54) is 13.8 Å². The van der Waals surface area contributed by atoms with Crippen LogP contribution in [0.15, 0.2) is 12.7 Å². The zero-order valence-corrected chi connectivity index (χ0v) is 10.5. The average Bonchev–Trinajstić information content (AvgIpc) is 2.13. The lowest BCUT2D eigenvalue weighted by atomic mass is 9.95. The summed E-state index contributed by atoms with van der Waals surface area (Å²) in [6.45, 7) is 5.84. The van der Waals surface area contributed by atoms with Gasteiger partial charge in [0.2, 0.25) is 5.91 Å². The fraction of sp³-hybridized carbons (Fsp3) is 0.556. The van der Waals surface area contributed by atoms with Gasteiger partial charge in [0.15, 0.2) is 5.78 Å². The first kappa shape index (κ1) is 16.0. The molecule has 0 spiro atoms. The minimum absolute atomic E-state index is 0.619. The number of Topliss-reactive ketones (excluding diaryl/α,β-unsaturated/α-hetero) is 1. The first-order valence-corrected chi connectivity index (χ1v) is 6.51. The Morgan fingerprint density at radius 1 is 1.47 bits per heavy atom. The van der Waals surface area contributed by atoms with Gasteiger partial charge in [0.05, 0.1) is 11.7 Å². The molecule has 0 bridgehead atoms. The van der Waals surface area contributed by atoms with E-state index in [0.717, 1.165) is 6.08 Å². The summed E-state index contributed by atoms with van der Waals surface area (Å²) in [6, 6.07) is 0. The highest BCUT2D eigenvalue weighted by Gasteiger charge is 2.36. The van der Waals surface area contributed by atoms with E-state index in [-0.39, 0.29) is 0 Å². The summed E-state index contributed by atoms with van der Waals surface area (Å²) in [5.74, 6) is -1.50. The second-order valence-corrected chi connectivity index (χ2v) is 5.74. The van der Waals surface area contributed by atoms with E-state index < -0.39 is 37.1 Å². The molecule has 1 amide bonds. The minimum Gasteiger partial charge on any atom is -0.385 e. The number of ketones is 1. The summed E-state index contributed by atoms with van der Waals surface area (Å²) in [7, 11) is -4.49. The fourth-order valence-corrected chi connectivity index (χ4v) is 1.76. The molecule has 98 valence electrons. The van der Waals surface area contributed by atoms with Gasteiger partial charge in [0.25, 0.3) is 0 Å². The van der Waals surface area contributed by atoms with Gasteiger partial charge >= 0.3 is 7.60 Å². The van der Waals surface area contributed by atoms with Crippen LogP contribution in [0.1, 0.15) is 13.8 Å². The second-order valence-electron chi connectivity index (χ2n) is 4.05. The molecule has 1 atom stereocenters. The van der Waals surface area contributed by atoms with Gasteiger partial charge in [0.1, 0.15) is 6.10 Å². The summed E-state index contributed by atoms with van der Waals surface area (Å²) in [6.07, 6.45) is -1.86. The Labute approximate surface area is 98.7 Å². The molecule has 0 heterocycles. The van der Waals surface area contributed by atoms with Crippen molar-refractivity contribution in [3.8, 4) is 0 Å². The zero-order chi connectivity index (χ0) is 13.9. The molecule has 0 aromatic heterocycles.